The van der Waals surface area contributed by atoms with Gasteiger partial charge in [0.15, 0.2) is 0 Å². The van der Waals surface area contributed by atoms with E-state index in [1.165, 1.54) is 46.2 Å². The van der Waals surface area contributed by atoms with Crippen LogP contribution in [0.1, 0.15) is 0 Å². The lowest BCUT2D eigenvalue weighted by Gasteiger charge is -2.23. The van der Waals surface area contributed by atoms with Gasteiger partial charge in [0.25, 0.3) is 0 Å². The van der Waals surface area contributed by atoms with Crippen LogP contribution >= 0.6 is 0 Å². The van der Waals surface area contributed by atoms with Gasteiger partial charge in [-0.25, -0.2) is 17.6 Å². The normalized spacial score (nSPS) is 15.7. The highest BCUT2D eigenvalue weighted by Crippen LogP contribution is 2.29. The van der Waals surface area contributed by atoms with Gasteiger partial charge in [-0.05, 0) is 59.7 Å². The molecule has 140 valence electrons. The summed E-state index contributed by atoms with van der Waals surface area (Å²) in [6.45, 7) is 0. The highest BCUT2D eigenvalue weighted by atomic mass is 19.1. The summed E-state index contributed by atoms with van der Waals surface area (Å²) in [7, 11) is 0. The highest BCUT2D eigenvalue weighted by molar-refractivity contribution is 5.63. The van der Waals surface area contributed by atoms with Crippen molar-refractivity contribution in [2.24, 2.45) is 0 Å². The van der Waals surface area contributed by atoms with E-state index in [4.69, 9.17) is 0 Å². The second-order valence-corrected chi connectivity index (χ2v) is 6.13. The molecule has 4 rings (SSSR count). The Hall–Kier alpha value is -3.54. The number of halogens is 4. The molecule has 0 amide bonds. The first kappa shape index (κ1) is 17.9. The van der Waals surface area contributed by atoms with Crippen molar-refractivity contribution < 1.29 is 17.6 Å². The molecule has 0 unspecified atom stereocenters. The van der Waals surface area contributed by atoms with Crippen molar-refractivity contribution in [2.75, 3.05) is 9.80 Å². The summed E-state index contributed by atoms with van der Waals surface area (Å²) in [5, 5.41) is 0. The maximum atomic E-state index is 13.9. The number of hydrogen-bond donors (Lipinski definition) is 0. The minimum atomic E-state index is -0.662. The molecule has 2 nitrogen and oxygen atoms in total. The third-order valence-corrected chi connectivity index (χ3v) is 4.38. The van der Waals surface area contributed by atoms with Gasteiger partial charge in [0.05, 0.1) is 0 Å². The van der Waals surface area contributed by atoms with E-state index < -0.39 is 23.3 Å². The Morgan fingerprint density at radius 1 is 0.464 bits per heavy atom. The number of nitrogens with zero attached hydrogens (tertiary/aromatic N) is 2. The summed E-state index contributed by atoms with van der Waals surface area (Å²) in [4.78, 5) is 2.71. The van der Waals surface area contributed by atoms with E-state index in [1.807, 2.05) is 0 Å². The smallest absolute Gasteiger partial charge is 0.150 e. The average molecular weight is 382 g/mol. The van der Waals surface area contributed by atoms with Gasteiger partial charge in [-0.3, -0.25) is 0 Å². The quantitative estimate of drug-likeness (QED) is 0.594. The summed E-state index contributed by atoms with van der Waals surface area (Å²) in [5.41, 5.74) is 1.26. The van der Waals surface area contributed by atoms with Gasteiger partial charge >= 0.3 is 0 Å². The summed E-state index contributed by atoms with van der Waals surface area (Å²) < 4.78 is 55.6. The van der Waals surface area contributed by atoms with Crippen LogP contribution in [0.4, 0.5) is 28.9 Å². The molecule has 2 aliphatic heterocycles. The predicted molar refractivity (Wildman–Crippen MR) is 101 cm³/mol. The lowest BCUT2D eigenvalue weighted by Crippen LogP contribution is -2.15. The molecule has 2 aromatic rings. The fourth-order valence-corrected chi connectivity index (χ4v) is 3.01. The van der Waals surface area contributed by atoms with Gasteiger partial charge in [0.2, 0.25) is 0 Å². The van der Waals surface area contributed by atoms with Crippen molar-refractivity contribution in [3.8, 4) is 0 Å². The molecule has 0 saturated carbocycles. The zero-order valence-corrected chi connectivity index (χ0v) is 14.5. The molecule has 6 heteroatoms. The van der Waals surface area contributed by atoms with Gasteiger partial charge in [-0.2, -0.15) is 0 Å². The number of anilines is 2. The summed E-state index contributed by atoms with van der Waals surface area (Å²) in [6, 6.07) is 7.38. The molecular weight excluding hydrogens is 368 g/mol. The van der Waals surface area contributed by atoms with Crippen molar-refractivity contribution >= 4 is 11.4 Å². The first-order valence-corrected chi connectivity index (χ1v) is 8.46. The third-order valence-electron chi connectivity index (χ3n) is 4.38. The lowest BCUT2D eigenvalue weighted by atomic mass is 10.0. The Morgan fingerprint density at radius 2 is 0.750 bits per heavy atom. The second kappa shape index (κ2) is 7.23. The molecule has 0 aromatic heterocycles. The van der Waals surface area contributed by atoms with E-state index in [1.54, 1.807) is 49.1 Å². The maximum Gasteiger partial charge on any atom is 0.150 e. The fraction of sp³-hybridized carbons (Fsp3) is 0. The zero-order valence-electron chi connectivity index (χ0n) is 14.5. The van der Waals surface area contributed by atoms with Gasteiger partial charge in [0.1, 0.15) is 34.6 Å². The molecular formula is C22H14F4N2. The van der Waals surface area contributed by atoms with Gasteiger partial charge < -0.3 is 9.80 Å². The molecule has 0 bridgehead atoms. The largest absolute Gasteiger partial charge is 0.319 e. The van der Waals surface area contributed by atoms with Crippen LogP contribution in [0.25, 0.3) is 0 Å². The van der Waals surface area contributed by atoms with E-state index in [0.717, 1.165) is 11.1 Å². The monoisotopic (exact) mass is 382 g/mol. The van der Waals surface area contributed by atoms with Crippen LogP contribution in [0, 0.1) is 23.3 Å². The molecule has 0 aliphatic carbocycles. The minimum absolute atomic E-state index is 0.157. The number of allylic oxidation sites excluding steroid dienone is 6. The fourth-order valence-electron chi connectivity index (χ4n) is 3.01. The van der Waals surface area contributed by atoms with Crippen molar-refractivity contribution in [1.82, 2.24) is 0 Å². The van der Waals surface area contributed by atoms with Gasteiger partial charge in [-0.1, -0.05) is 12.1 Å². The molecule has 0 atom stereocenters. The number of benzene rings is 2. The number of hydrogen-bond acceptors (Lipinski definition) is 2. The lowest BCUT2D eigenvalue weighted by molar-refractivity contribution is 0.584. The average Bonchev–Trinajstić information content (AvgIpc) is 2.69. The van der Waals surface area contributed by atoms with Crippen molar-refractivity contribution in [3.63, 3.8) is 0 Å². The Morgan fingerprint density at radius 3 is 1.04 bits per heavy atom. The second-order valence-electron chi connectivity index (χ2n) is 6.13. The Kier molecular flexibility index (Phi) is 4.61. The molecule has 0 spiro atoms. The summed E-state index contributed by atoms with van der Waals surface area (Å²) in [5.74, 6) is -2.65. The molecule has 28 heavy (non-hydrogen) atoms. The van der Waals surface area contributed by atoms with Gasteiger partial charge in [0, 0.05) is 24.8 Å². The molecule has 0 saturated heterocycles. The highest BCUT2D eigenvalue weighted by Gasteiger charge is 2.17. The standard InChI is InChI=1S/C22H14F4N2/c23-17-3-1-4-18(24)21(17)27-11-7-15(8-12-27)16-9-13-28(14-10-16)22-19(25)5-2-6-20(22)26/h1-14H. The summed E-state index contributed by atoms with van der Waals surface area (Å²) in [6.07, 6.45) is 13.0. The van der Waals surface area contributed by atoms with Crippen molar-refractivity contribution in [3.05, 3.63) is 120 Å². The predicted octanol–water partition coefficient (Wildman–Crippen LogP) is 5.93. The Labute approximate surface area is 159 Å². The maximum absolute atomic E-state index is 13.9. The topological polar surface area (TPSA) is 6.48 Å². The Balaban J connectivity index is 1.57. The molecule has 0 fully saturated rings. The van der Waals surface area contributed by atoms with Crippen LogP contribution in [0.15, 0.2) is 96.6 Å². The van der Waals surface area contributed by atoms with Crippen LogP contribution in [-0.4, -0.2) is 0 Å². The van der Waals surface area contributed by atoms with Crippen molar-refractivity contribution in [1.29, 1.82) is 0 Å². The number of para-hydroxylation sites is 2. The molecule has 0 radical (unpaired) electrons. The SMILES string of the molecule is Fc1cccc(F)c1N1C=CC(=C2C=CN(c3c(F)cccc3F)C=C2)C=C1. The van der Waals surface area contributed by atoms with Crippen LogP contribution in [-0.2, 0) is 0 Å². The van der Waals surface area contributed by atoms with Crippen LogP contribution in [0.3, 0.4) is 0 Å². The molecule has 2 aromatic carbocycles. The van der Waals surface area contributed by atoms with E-state index in [-0.39, 0.29) is 11.4 Å². The first-order valence-electron chi connectivity index (χ1n) is 8.46. The first-order chi connectivity index (χ1) is 13.5. The number of rotatable bonds is 2. The van der Waals surface area contributed by atoms with E-state index >= 15 is 0 Å². The molecule has 2 heterocycles. The third kappa shape index (κ3) is 3.24. The van der Waals surface area contributed by atoms with Crippen molar-refractivity contribution in [2.45, 2.75) is 0 Å². The van der Waals surface area contributed by atoms with E-state index in [9.17, 15) is 17.6 Å². The summed E-state index contributed by atoms with van der Waals surface area (Å²) >= 11 is 0. The zero-order chi connectivity index (χ0) is 19.7. The van der Waals surface area contributed by atoms with E-state index in [2.05, 4.69) is 0 Å². The van der Waals surface area contributed by atoms with Crippen LogP contribution in [0.5, 0.6) is 0 Å². The van der Waals surface area contributed by atoms with Crippen LogP contribution < -0.4 is 9.80 Å². The Bertz CT molecular complexity index is 922. The molecule has 2 aliphatic rings. The van der Waals surface area contributed by atoms with Gasteiger partial charge in [-0.15, -0.1) is 0 Å². The molecule has 0 N–H and O–H groups in total. The van der Waals surface area contributed by atoms with E-state index in [0.29, 0.717) is 0 Å². The van der Waals surface area contributed by atoms with Crippen LogP contribution in [0.2, 0.25) is 0 Å². The minimum Gasteiger partial charge on any atom is -0.319 e.